The number of rotatable bonds is 4. The third-order valence-corrected chi connectivity index (χ3v) is 3.35. The number of anilines is 2. The van der Waals surface area contributed by atoms with Gasteiger partial charge in [-0.25, -0.2) is 0 Å². The molecule has 0 bridgehead atoms. The molecule has 1 N–H and O–H groups in total. The predicted molar refractivity (Wildman–Crippen MR) is 87.1 cm³/mol. The maximum Gasteiger partial charge on any atom is 0.248 e. The fourth-order valence-corrected chi connectivity index (χ4v) is 2.29. The number of allylic oxidation sites excluding steroid dienone is 3. The Morgan fingerprint density at radius 3 is 2.81 bits per heavy atom. The lowest BCUT2D eigenvalue weighted by Gasteiger charge is -2.30. The summed E-state index contributed by atoms with van der Waals surface area (Å²) < 4.78 is 5.36. The molecule has 0 saturated carbocycles. The average molecular weight is 307 g/mol. The van der Waals surface area contributed by atoms with Gasteiger partial charge in [0.1, 0.15) is 0 Å². The Hall–Kier alpha value is -1.78. The summed E-state index contributed by atoms with van der Waals surface area (Å²) in [5.74, 6) is -0.176. The molecule has 1 amide bonds. The third kappa shape index (κ3) is 4.62. The van der Waals surface area contributed by atoms with Gasteiger partial charge in [-0.3, -0.25) is 4.79 Å². The second-order valence-corrected chi connectivity index (χ2v) is 5.07. The molecule has 0 atom stereocenters. The summed E-state index contributed by atoms with van der Waals surface area (Å²) in [7, 11) is 0. The van der Waals surface area contributed by atoms with Crippen molar-refractivity contribution in [3.8, 4) is 0 Å². The highest BCUT2D eigenvalue weighted by Gasteiger charge is 2.15. The van der Waals surface area contributed by atoms with Crippen molar-refractivity contribution in [1.29, 1.82) is 0 Å². The molecular formula is C16H19ClN2O2. The lowest BCUT2D eigenvalue weighted by Crippen LogP contribution is -2.36. The van der Waals surface area contributed by atoms with E-state index >= 15 is 0 Å². The standard InChI is InChI=1S/C16H19ClN2O2/c1-2-3-4-5-16(20)18-14-12-13(17)6-7-15(14)19-8-10-21-11-9-19/h2-7,12H,8-11H2,1H3,(H,18,20)/b3-2+,5-4+. The maximum atomic E-state index is 11.9. The zero-order valence-electron chi connectivity index (χ0n) is 12.0. The number of hydrogen-bond acceptors (Lipinski definition) is 3. The SMILES string of the molecule is C/C=C/C=C/C(=O)Nc1cc(Cl)ccc1N1CCOCC1. The molecule has 1 aromatic carbocycles. The van der Waals surface area contributed by atoms with Gasteiger partial charge in [-0.15, -0.1) is 0 Å². The number of carbonyl (C=O) groups is 1. The van der Waals surface area contributed by atoms with Gasteiger partial charge in [-0.05, 0) is 25.1 Å². The Bertz CT molecular complexity index is 549. The van der Waals surface area contributed by atoms with Gasteiger partial charge in [-0.2, -0.15) is 0 Å². The van der Waals surface area contributed by atoms with E-state index in [1.807, 2.05) is 25.1 Å². The Morgan fingerprint density at radius 1 is 1.33 bits per heavy atom. The van der Waals surface area contributed by atoms with E-state index in [0.717, 1.165) is 24.5 Å². The highest BCUT2D eigenvalue weighted by molar-refractivity contribution is 6.31. The predicted octanol–water partition coefficient (Wildman–Crippen LogP) is 3.25. The van der Waals surface area contributed by atoms with Crippen molar-refractivity contribution < 1.29 is 9.53 Å². The van der Waals surface area contributed by atoms with Gasteiger partial charge in [0, 0.05) is 24.2 Å². The summed E-state index contributed by atoms with van der Waals surface area (Å²) in [5, 5.41) is 3.48. The number of nitrogens with one attached hydrogen (secondary N) is 1. The number of benzene rings is 1. The van der Waals surface area contributed by atoms with E-state index < -0.39 is 0 Å². The molecule has 1 saturated heterocycles. The van der Waals surface area contributed by atoms with Crippen LogP contribution in [-0.4, -0.2) is 32.2 Å². The first kappa shape index (κ1) is 15.6. The average Bonchev–Trinajstić information content (AvgIpc) is 2.48. The zero-order chi connectivity index (χ0) is 15.1. The van der Waals surface area contributed by atoms with Gasteiger partial charge in [0.05, 0.1) is 24.6 Å². The number of hydrogen-bond donors (Lipinski definition) is 1. The minimum absolute atomic E-state index is 0.176. The molecule has 4 nitrogen and oxygen atoms in total. The largest absolute Gasteiger partial charge is 0.378 e. The Labute approximate surface area is 130 Å². The van der Waals surface area contributed by atoms with E-state index in [4.69, 9.17) is 16.3 Å². The van der Waals surface area contributed by atoms with Gasteiger partial charge in [0.25, 0.3) is 0 Å². The fourth-order valence-electron chi connectivity index (χ4n) is 2.12. The molecule has 1 aliphatic rings. The zero-order valence-corrected chi connectivity index (χ0v) is 12.8. The Kier molecular flexibility index (Phi) is 5.84. The summed E-state index contributed by atoms with van der Waals surface area (Å²) in [6, 6.07) is 5.53. The van der Waals surface area contributed by atoms with Crippen molar-refractivity contribution >= 4 is 28.9 Å². The number of ether oxygens (including phenoxy) is 1. The van der Waals surface area contributed by atoms with Crippen LogP contribution in [0.15, 0.2) is 42.5 Å². The lowest BCUT2D eigenvalue weighted by molar-refractivity contribution is -0.111. The van der Waals surface area contributed by atoms with Gasteiger partial charge < -0.3 is 15.0 Å². The van der Waals surface area contributed by atoms with Crippen LogP contribution >= 0.6 is 11.6 Å². The monoisotopic (exact) mass is 306 g/mol. The van der Waals surface area contributed by atoms with E-state index in [2.05, 4.69) is 10.2 Å². The first-order chi connectivity index (χ1) is 10.2. The van der Waals surface area contributed by atoms with Crippen LogP contribution in [0.3, 0.4) is 0 Å². The molecule has 1 heterocycles. The van der Waals surface area contributed by atoms with Crippen LogP contribution in [0.1, 0.15) is 6.92 Å². The van der Waals surface area contributed by atoms with Crippen LogP contribution in [0.25, 0.3) is 0 Å². The molecule has 21 heavy (non-hydrogen) atoms. The first-order valence-corrected chi connectivity index (χ1v) is 7.31. The van der Waals surface area contributed by atoms with E-state index in [1.165, 1.54) is 6.08 Å². The molecule has 1 fully saturated rings. The second kappa shape index (κ2) is 7.86. The normalized spacial score (nSPS) is 15.8. The highest BCUT2D eigenvalue weighted by atomic mass is 35.5. The third-order valence-electron chi connectivity index (χ3n) is 3.12. The lowest BCUT2D eigenvalue weighted by atomic mass is 10.2. The summed E-state index contributed by atoms with van der Waals surface area (Å²) in [4.78, 5) is 14.1. The number of carbonyl (C=O) groups excluding carboxylic acids is 1. The summed E-state index contributed by atoms with van der Waals surface area (Å²) in [5.41, 5.74) is 1.69. The molecule has 0 unspecified atom stereocenters. The molecular weight excluding hydrogens is 288 g/mol. The summed E-state index contributed by atoms with van der Waals surface area (Å²) >= 11 is 6.04. The van der Waals surface area contributed by atoms with Gasteiger partial charge in [0.2, 0.25) is 5.91 Å². The van der Waals surface area contributed by atoms with Crippen LogP contribution in [0.4, 0.5) is 11.4 Å². The second-order valence-electron chi connectivity index (χ2n) is 4.64. The number of amides is 1. The summed E-state index contributed by atoms with van der Waals surface area (Å²) in [6.45, 7) is 4.89. The molecule has 2 rings (SSSR count). The van der Waals surface area contributed by atoms with Crippen molar-refractivity contribution in [2.24, 2.45) is 0 Å². The van der Waals surface area contributed by atoms with E-state index in [1.54, 1.807) is 18.2 Å². The van der Waals surface area contributed by atoms with Crippen LogP contribution < -0.4 is 10.2 Å². The van der Waals surface area contributed by atoms with Crippen LogP contribution in [0, 0.1) is 0 Å². The number of halogens is 1. The van der Waals surface area contributed by atoms with Crippen molar-refractivity contribution in [1.82, 2.24) is 0 Å². The fraction of sp³-hybridized carbons (Fsp3) is 0.312. The molecule has 0 spiro atoms. The van der Waals surface area contributed by atoms with E-state index in [9.17, 15) is 4.79 Å². The van der Waals surface area contributed by atoms with Gasteiger partial charge in [-0.1, -0.05) is 29.8 Å². The minimum Gasteiger partial charge on any atom is -0.378 e. The van der Waals surface area contributed by atoms with Crippen molar-refractivity contribution in [2.45, 2.75) is 6.92 Å². The first-order valence-electron chi connectivity index (χ1n) is 6.93. The van der Waals surface area contributed by atoms with E-state index in [0.29, 0.717) is 18.2 Å². The molecule has 1 aliphatic heterocycles. The molecule has 0 aliphatic carbocycles. The molecule has 0 aromatic heterocycles. The van der Waals surface area contributed by atoms with Crippen LogP contribution in [-0.2, 0) is 9.53 Å². The Morgan fingerprint density at radius 2 is 2.10 bits per heavy atom. The van der Waals surface area contributed by atoms with Crippen LogP contribution in [0.2, 0.25) is 5.02 Å². The van der Waals surface area contributed by atoms with Crippen LogP contribution in [0.5, 0.6) is 0 Å². The minimum atomic E-state index is -0.176. The van der Waals surface area contributed by atoms with Crippen molar-refractivity contribution in [3.63, 3.8) is 0 Å². The highest BCUT2D eigenvalue weighted by Crippen LogP contribution is 2.29. The maximum absolute atomic E-state index is 11.9. The summed E-state index contributed by atoms with van der Waals surface area (Å²) in [6.07, 6.45) is 6.86. The number of morpholine rings is 1. The molecule has 112 valence electrons. The topological polar surface area (TPSA) is 41.6 Å². The Balaban J connectivity index is 2.16. The quantitative estimate of drug-likeness (QED) is 0.686. The van der Waals surface area contributed by atoms with Gasteiger partial charge >= 0.3 is 0 Å². The number of nitrogens with zero attached hydrogens (tertiary/aromatic N) is 1. The van der Waals surface area contributed by atoms with Crippen molar-refractivity contribution in [3.05, 3.63) is 47.5 Å². The van der Waals surface area contributed by atoms with Gasteiger partial charge in [0.15, 0.2) is 0 Å². The van der Waals surface area contributed by atoms with Crippen molar-refractivity contribution in [2.75, 3.05) is 36.5 Å². The molecule has 5 heteroatoms. The smallest absolute Gasteiger partial charge is 0.248 e. The molecule has 0 radical (unpaired) electrons. The van der Waals surface area contributed by atoms with E-state index in [-0.39, 0.29) is 5.91 Å². The molecule has 1 aromatic rings.